The van der Waals surface area contributed by atoms with Crippen LogP contribution >= 0.6 is 0 Å². The smallest absolute Gasteiger partial charge is 0.549 e. The van der Waals surface area contributed by atoms with Crippen LogP contribution in [0.4, 0.5) is 0 Å². The molecule has 1 aromatic heterocycles. The fourth-order valence-electron chi connectivity index (χ4n) is 3.60. The molecule has 0 saturated heterocycles. The standard InChI is InChI=1S/C20H31N5O6.Tm/c21-3-1-2-15-8-16-10-24(13-19(28)29)6-4-23(12-18(26)27)5-7-25(14-20(30)31)11-17(9-15)22-16;/h8-9H,1-7,10-14,21H2,(H,26,27)(H,28,29)(H,30,31);/q;+3/p-3. The summed E-state index contributed by atoms with van der Waals surface area (Å²) in [4.78, 5) is 43.0. The van der Waals surface area contributed by atoms with E-state index in [0.717, 1.165) is 18.4 Å². The third-order valence-electron chi connectivity index (χ3n) is 4.96. The van der Waals surface area contributed by atoms with Crippen molar-refractivity contribution in [2.45, 2.75) is 25.9 Å². The van der Waals surface area contributed by atoms with Gasteiger partial charge in [-0.3, -0.25) is 19.7 Å². The van der Waals surface area contributed by atoms with Gasteiger partial charge in [-0.2, -0.15) is 0 Å². The molecule has 0 amide bonds. The van der Waals surface area contributed by atoms with E-state index in [4.69, 9.17) is 5.73 Å². The summed E-state index contributed by atoms with van der Waals surface area (Å²) in [5.74, 6) is -3.74. The number of aromatic nitrogens is 1. The predicted molar refractivity (Wildman–Crippen MR) is 104 cm³/mol. The number of fused-ring (bicyclic) bond motifs is 2. The van der Waals surface area contributed by atoms with E-state index in [-0.39, 0.29) is 95.8 Å². The van der Waals surface area contributed by atoms with Crippen LogP contribution in [0.5, 0.6) is 0 Å². The molecule has 1 aromatic rings. The molecule has 1 aliphatic heterocycles. The minimum absolute atomic E-state index is 0. The molecule has 0 spiro atoms. The zero-order valence-electron chi connectivity index (χ0n) is 17.7. The van der Waals surface area contributed by atoms with Gasteiger partial charge in [-0.25, -0.2) is 0 Å². The Bertz CT molecular complexity index is 733. The Morgan fingerprint density at radius 3 is 1.62 bits per heavy atom. The molecular weight excluding hydrogens is 575 g/mol. The number of rotatable bonds is 9. The minimum atomic E-state index is -1.26. The number of hydrogen-bond donors (Lipinski definition) is 1. The van der Waals surface area contributed by atoms with Crippen LogP contribution in [0.1, 0.15) is 23.4 Å². The molecule has 11 nitrogen and oxygen atoms in total. The zero-order valence-corrected chi connectivity index (χ0v) is 19.5. The maximum absolute atomic E-state index is 11.2. The molecule has 12 heteroatoms. The molecular formula is C20H28N5O6Tm. The molecule has 32 heavy (non-hydrogen) atoms. The van der Waals surface area contributed by atoms with E-state index >= 15 is 0 Å². The van der Waals surface area contributed by atoms with Gasteiger partial charge in [0.25, 0.3) is 0 Å². The van der Waals surface area contributed by atoms with Crippen LogP contribution in [0.25, 0.3) is 0 Å². The van der Waals surface area contributed by atoms with Crippen molar-refractivity contribution in [2.24, 2.45) is 5.73 Å². The molecule has 0 fully saturated rings. The van der Waals surface area contributed by atoms with Crippen molar-refractivity contribution in [1.82, 2.24) is 19.7 Å². The van der Waals surface area contributed by atoms with Gasteiger partial charge < -0.3 is 35.4 Å². The summed E-state index contributed by atoms with van der Waals surface area (Å²) < 4.78 is 0. The summed E-state index contributed by atoms with van der Waals surface area (Å²) >= 11 is 0. The number of aliphatic carboxylic acids is 3. The predicted octanol–water partition coefficient (Wildman–Crippen LogP) is -4.86. The van der Waals surface area contributed by atoms with Gasteiger partial charge >= 0.3 is 36.9 Å². The maximum Gasteiger partial charge on any atom is 3.00 e. The number of carbonyl (C=O) groups excluding carboxylic acids is 3. The first-order valence-electron chi connectivity index (χ1n) is 10.2. The average Bonchev–Trinajstić information content (AvgIpc) is 2.66. The van der Waals surface area contributed by atoms with Crippen LogP contribution in [0.15, 0.2) is 12.1 Å². The van der Waals surface area contributed by atoms with Gasteiger partial charge in [0.2, 0.25) is 0 Å². The molecule has 182 valence electrons. The number of carboxylic acids is 3. The second-order valence-electron chi connectivity index (χ2n) is 7.66. The Hall–Kier alpha value is -1.37. The third kappa shape index (κ3) is 11.0. The summed E-state index contributed by atoms with van der Waals surface area (Å²) in [6.07, 6.45) is 1.49. The van der Waals surface area contributed by atoms with E-state index in [1.165, 1.54) is 0 Å². The summed E-state index contributed by atoms with van der Waals surface area (Å²) in [7, 11) is 0. The van der Waals surface area contributed by atoms with E-state index in [1.807, 2.05) is 12.1 Å². The molecule has 0 unspecified atom stereocenters. The van der Waals surface area contributed by atoms with Gasteiger partial charge in [-0.15, -0.1) is 0 Å². The number of nitrogens with two attached hydrogens (primary N) is 1. The maximum atomic E-state index is 11.2. The summed E-state index contributed by atoms with van der Waals surface area (Å²) in [6, 6.07) is 3.77. The van der Waals surface area contributed by atoms with Crippen LogP contribution in [0, 0.1) is 36.9 Å². The molecule has 2 rings (SSSR count). The fourth-order valence-corrected chi connectivity index (χ4v) is 3.60. The normalized spacial score (nSPS) is 16.4. The van der Waals surface area contributed by atoms with E-state index < -0.39 is 17.9 Å². The van der Waals surface area contributed by atoms with Crippen LogP contribution < -0.4 is 21.1 Å². The van der Waals surface area contributed by atoms with Gasteiger partial charge in [0, 0.05) is 58.9 Å². The quantitative estimate of drug-likeness (QED) is 0.287. The van der Waals surface area contributed by atoms with Gasteiger partial charge in [0.1, 0.15) is 0 Å². The van der Waals surface area contributed by atoms with Gasteiger partial charge in [0.05, 0.1) is 29.3 Å². The topological polar surface area (TPSA) is 169 Å². The Kier molecular flexibility index (Phi) is 13.2. The van der Waals surface area contributed by atoms with Gasteiger partial charge in [0.15, 0.2) is 0 Å². The van der Waals surface area contributed by atoms with Crippen LogP contribution in [-0.4, -0.2) is 89.9 Å². The third-order valence-corrected chi connectivity index (χ3v) is 4.96. The van der Waals surface area contributed by atoms with Crippen molar-refractivity contribution in [3.8, 4) is 0 Å². The number of nitrogens with zero attached hydrogens (tertiary/aromatic N) is 4. The molecule has 2 N–H and O–H groups in total. The van der Waals surface area contributed by atoms with Gasteiger partial charge in [-0.1, -0.05) is 0 Å². The first-order chi connectivity index (χ1) is 14.7. The number of carboxylic acid groups (broad SMARTS) is 3. The number of hydrogen-bond acceptors (Lipinski definition) is 11. The SMILES string of the molecule is NCCCc1cc2nc(c1)CN(CC(=O)[O-])CCN(CC(=O)[O-])CCN(CC(=O)[O-])C2.[Tm+3]. The molecule has 2 bridgehead atoms. The molecule has 0 radical (unpaired) electrons. The second-order valence-corrected chi connectivity index (χ2v) is 7.66. The Balaban J connectivity index is 0.00000512. The van der Waals surface area contributed by atoms with Crippen molar-refractivity contribution in [3.05, 3.63) is 29.1 Å². The van der Waals surface area contributed by atoms with Gasteiger partial charge in [-0.05, 0) is 37.1 Å². The Morgan fingerprint density at radius 1 is 0.812 bits per heavy atom. The fraction of sp³-hybridized carbons (Fsp3) is 0.600. The molecule has 0 saturated carbocycles. The minimum Gasteiger partial charge on any atom is -0.549 e. The van der Waals surface area contributed by atoms with E-state index in [2.05, 4.69) is 4.98 Å². The van der Waals surface area contributed by atoms with Crippen LogP contribution in [0.2, 0.25) is 0 Å². The van der Waals surface area contributed by atoms with Crippen LogP contribution in [0.3, 0.4) is 0 Å². The Labute approximate surface area is 216 Å². The largest absolute Gasteiger partial charge is 3.00 e. The number of aryl methyl sites for hydroxylation is 1. The summed E-state index contributed by atoms with van der Waals surface area (Å²) in [6.45, 7) is 1.08. The molecule has 1 aliphatic rings. The van der Waals surface area contributed by atoms with E-state index in [9.17, 15) is 29.7 Å². The van der Waals surface area contributed by atoms with Crippen molar-refractivity contribution in [2.75, 3.05) is 52.4 Å². The van der Waals surface area contributed by atoms with Crippen molar-refractivity contribution in [1.29, 1.82) is 0 Å². The molecule has 2 heterocycles. The Morgan fingerprint density at radius 2 is 1.22 bits per heavy atom. The number of pyridine rings is 1. The first kappa shape index (κ1) is 28.7. The molecule has 0 atom stereocenters. The summed E-state index contributed by atoms with van der Waals surface area (Å²) in [5.41, 5.74) is 7.89. The van der Waals surface area contributed by atoms with Crippen molar-refractivity contribution in [3.63, 3.8) is 0 Å². The average molecular weight is 603 g/mol. The van der Waals surface area contributed by atoms with Crippen molar-refractivity contribution < 1.29 is 66.6 Å². The summed E-state index contributed by atoms with van der Waals surface area (Å²) in [5, 5.41) is 33.5. The first-order valence-corrected chi connectivity index (χ1v) is 10.2. The molecule has 0 aromatic carbocycles. The van der Waals surface area contributed by atoms with Crippen molar-refractivity contribution >= 4 is 17.9 Å². The van der Waals surface area contributed by atoms with E-state index in [1.54, 1.807) is 14.7 Å². The molecule has 0 aliphatic carbocycles. The zero-order chi connectivity index (χ0) is 22.8. The van der Waals surface area contributed by atoms with Crippen LogP contribution in [-0.2, 0) is 33.9 Å². The second kappa shape index (κ2) is 14.7. The monoisotopic (exact) mass is 603 g/mol. The van der Waals surface area contributed by atoms with E-state index in [0.29, 0.717) is 17.9 Å². The number of carbonyl (C=O) groups is 3.